The summed E-state index contributed by atoms with van der Waals surface area (Å²) in [6.45, 7) is 1.66. The predicted octanol–water partition coefficient (Wildman–Crippen LogP) is 4.47. The van der Waals surface area contributed by atoms with E-state index in [1.165, 1.54) is 6.07 Å². The summed E-state index contributed by atoms with van der Waals surface area (Å²) in [5, 5.41) is 11.8. The first-order chi connectivity index (χ1) is 9.88. The highest BCUT2D eigenvalue weighted by Gasteiger charge is 2.13. The number of carboxylic acid groups (broad SMARTS) is 1. The molecule has 0 saturated carbocycles. The van der Waals surface area contributed by atoms with Gasteiger partial charge in [-0.25, -0.2) is 4.79 Å². The topological polar surface area (TPSA) is 66.4 Å². The fourth-order valence-corrected chi connectivity index (χ4v) is 3.18. The van der Waals surface area contributed by atoms with Crippen molar-refractivity contribution >= 4 is 49.4 Å². The number of benzene rings is 2. The molecule has 0 aliphatic rings. The zero-order chi connectivity index (χ0) is 15.6. The minimum atomic E-state index is -1.02. The minimum absolute atomic E-state index is 0.170. The molecule has 0 atom stereocenters. The molecule has 0 aromatic heterocycles. The Labute approximate surface area is 138 Å². The molecule has 21 heavy (non-hydrogen) atoms. The zero-order valence-corrected chi connectivity index (χ0v) is 14.2. The zero-order valence-electron chi connectivity index (χ0n) is 11.0. The summed E-state index contributed by atoms with van der Waals surface area (Å²) in [7, 11) is 0. The number of carboxylic acids is 1. The summed E-state index contributed by atoms with van der Waals surface area (Å²) >= 11 is 6.65. The van der Waals surface area contributed by atoms with Gasteiger partial charge in [0.15, 0.2) is 0 Å². The molecule has 0 radical (unpaired) electrons. The molecule has 2 rings (SSSR count). The molecular weight excluding hydrogens is 402 g/mol. The van der Waals surface area contributed by atoms with E-state index < -0.39 is 5.97 Å². The maximum Gasteiger partial charge on any atom is 0.336 e. The van der Waals surface area contributed by atoms with E-state index in [1.54, 1.807) is 31.2 Å². The number of aromatic carboxylic acids is 1. The summed E-state index contributed by atoms with van der Waals surface area (Å²) in [4.78, 5) is 23.3. The second-order valence-corrected chi connectivity index (χ2v) is 6.23. The van der Waals surface area contributed by atoms with Gasteiger partial charge in [0.2, 0.25) is 0 Å². The van der Waals surface area contributed by atoms with Gasteiger partial charge < -0.3 is 10.4 Å². The van der Waals surface area contributed by atoms with Crippen molar-refractivity contribution in [2.45, 2.75) is 6.92 Å². The molecule has 2 N–H and O–H groups in total. The molecule has 0 spiro atoms. The Morgan fingerprint density at radius 3 is 2.29 bits per heavy atom. The van der Waals surface area contributed by atoms with Crippen LogP contribution in [0.15, 0.2) is 45.3 Å². The lowest BCUT2D eigenvalue weighted by atomic mass is 10.1. The fourth-order valence-electron chi connectivity index (χ4n) is 1.88. The van der Waals surface area contributed by atoms with Crippen LogP contribution in [0.1, 0.15) is 26.3 Å². The quantitative estimate of drug-likeness (QED) is 0.781. The SMILES string of the molecule is Cc1c(NC(=O)c2cc(Br)cc(Br)c2)cccc1C(=O)O. The molecule has 2 aromatic carbocycles. The van der Waals surface area contributed by atoms with Crippen LogP contribution in [0.3, 0.4) is 0 Å². The number of hydrogen-bond acceptors (Lipinski definition) is 2. The van der Waals surface area contributed by atoms with Crippen molar-refractivity contribution in [3.8, 4) is 0 Å². The summed E-state index contributed by atoms with van der Waals surface area (Å²) in [5.41, 5.74) is 1.64. The molecule has 0 heterocycles. The molecule has 0 bridgehead atoms. The van der Waals surface area contributed by atoms with E-state index in [0.717, 1.165) is 8.95 Å². The Bertz CT molecular complexity index is 709. The summed E-state index contributed by atoms with van der Waals surface area (Å²) < 4.78 is 1.55. The molecule has 2 aromatic rings. The van der Waals surface area contributed by atoms with E-state index in [4.69, 9.17) is 5.11 Å². The van der Waals surface area contributed by atoms with E-state index in [2.05, 4.69) is 37.2 Å². The van der Waals surface area contributed by atoms with Crippen LogP contribution in [0.5, 0.6) is 0 Å². The average Bonchev–Trinajstić information content (AvgIpc) is 2.39. The monoisotopic (exact) mass is 411 g/mol. The lowest BCUT2D eigenvalue weighted by Gasteiger charge is -2.11. The number of nitrogens with one attached hydrogen (secondary N) is 1. The van der Waals surface area contributed by atoms with Crippen molar-refractivity contribution < 1.29 is 14.7 Å². The van der Waals surface area contributed by atoms with Gasteiger partial charge in [0.25, 0.3) is 5.91 Å². The maximum atomic E-state index is 12.3. The Kier molecular flexibility index (Phi) is 4.80. The van der Waals surface area contributed by atoms with Crippen LogP contribution in [0.4, 0.5) is 5.69 Å². The van der Waals surface area contributed by atoms with Crippen LogP contribution in [0, 0.1) is 6.92 Å². The normalized spacial score (nSPS) is 10.2. The highest BCUT2D eigenvalue weighted by Crippen LogP contribution is 2.23. The van der Waals surface area contributed by atoms with Crippen LogP contribution in [0.2, 0.25) is 0 Å². The largest absolute Gasteiger partial charge is 0.478 e. The van der Waals surface area contributed by atoms with Crippen molar-refractivity contribution in [1.82, 2.24) is 0 Å². The van der Waals surface area contributed by atoms with Gasteiger partial charge in [-0.05, 0) is 42.8 Å². The number of halogens is 2. The maximum absolute atomic E-state index is 12.3. The van der Waals surface area contributed by atoms with Gasteiger partial charge in [-0.3, -0.25) is 4.79 Å². The molecule has 108 valence electrons. The number of carbonyl (C=O) groups excluding carboxylic acids is 1. The van der Waals surface area contributed by atoms with Crippen molar-refractivity contribution in [2.24, 2.45) is 0 Å². The highest BCUT2D eigenvalue weighted by molar-refractivity contribution is 9.11. The second-order valence-electron chi connectivity index (χ2n) is 4.40. The Morgan fingerprint density at radius 2 is 1.71 bits per heavy atom. The number of anilines is 1. The molecule has 1 amide bonds. The molecule has 0 unspecified atom stereocenters. The molecule has 0 aliphatic heterocycles. The van der Waals surface area contributed by atoms with Gasteiger partial charge in [-0.1, -0.05) is 37.9 Å². The summed E-state index contributed by atoms with van der Waals surface area (Å²) in [6.07, 6.45) is 0. The first-order valence-corrected chi connectivity index (χ1v) is 7.57. The third kappa shape index (κ3) is 3.71. The van der Waals surface area contributed by atoms with Crippen LogP contribution >= 0.6 is 31.9 Å². The smallest absolute Gasteiger partial charge is 0.336 e. The molecule has 4 nitrogen and oxygen atoms in total. The average molecular weight is 413 g/mol. The molecule has 0 aliphatic carbocycles. The van der Waals surface area contributed by atoms with E-state index in [1.807, 2.05) is 6.07 Å². The first kappa shape index (κ1) is 15.7. The van der Waals surface area contributed by atoms with E-state index >= 15 is 0 Å². The standard InChI is InChI=1S/C15H11Br2NO3/c1-8-12(15(20)21)3-2-4-13(8)18-14(19)9-5-10(16)7-11(17)6-9/h2-7H,1H3,(H,18,19)(H,20,21). The first-order valence-electron chi connectivity index (χ1n) is 5.99. The van der Waals surface area contributed by atoms with Gasteiger partial charge in [0.05, 0.1) is 5.56 Å². The number of carbonyl (C=O) groups is 2. The number of hydrogen-bond donors (Lipinski definition) is 2. The number of rotatable bonds is 3. The van der Waals surface area contributed by atoms with Crippen LogP contribution in [0.25, 0.3) is 0 Å². The molecule has 0 saturated heterocycles. The fraction of sp³-hybridized carbons (Fsp3) is 0.0667. The van der Waals surface area contributed by atoms with Gasteiger partial charge in [-0.2, -0.15) is 0 Å². The van der Waals surface area contributed by atoms with Crippen molar-refractivity contribution in [3.05, 3.63) is 62.0 Å². The third-order valence-corrected chi connectivity index (χ3v) is 3.85. The molecular formula is C15H11Br2NO3. The minimum Gasteiger partial charge on any atom is -0.478 e. The Balaban J connectivity index is 2.32. The molecule has 0 fully saturated rings. The predicted molar refractivity (Wildman–Crippen MR) is 87.9 cm³/mol. The lowest BCUT2D eigenvalue weighted by molar-refractivity contribution is 0.0695. The summed E-state index contributed by atoms with van der Waals surface area (Å²) in [6, 6.07) is 9.98. The second kappa shape index (κ2) is 6.41. The molecule has 6 heteroatoms. The van der Waals surface area contributed by atoms with Crippen LogP contribution in [-0.4, -0.2) is 17.0 Å². The highest BCUT2D eigenvalue weighted by atomic mass is 79.9. The van der Waals surface area contributed by atoms with Gasteiger partial charge >= 0.3 is 5.97 Å². The van der Waals surface area contributed by atoms with Crippen LogP contribution in [-0.2, 0) is 0 Å². The van der Waals surface area contributed by atoms with Crippen molar-refractivity contribution in [3.63, 3.8) is 0 Å². The van der Waals surface area contributed by atoms with E-state index in [-0.39, 0.29) is 11.5 Å². The van der Waals surface area contributed by atoms with Gasteiger partial charge in [0, 0.05) is 20.2 Å². The van der Waals surface area contributed by atoms with Crippen molar-refractivity contribution in [2.75, 3.05) is 5.32 Å². The summed E-state index contributed by atoms with van der Waals surface area (Å²) in [5.74, 6) is -1.32. The Morgan fingerprint density at radius 1 is 1.10 bits per heavy atom. The van der Waals surface area contributed by atoms with E-state index in [9.17, 15) is 9.59 Å². The van der Waals surface area contributed by atoms with Gasteiger partial charge in [0.1, 0.15) is 0 Å². The van der Waals surface area contributed by atoms with Crippen molar-refractivity contribution in [1.29, 1.82) is 0 Å². The van der Waals surface area contributed by atoms with E-state index in [0.29, 0.717) is 16.8 Å². The number of amides is 1. The third-order valence-electron chi connectivity index (χ3n) is 2.94. The van der Waals surface area contributed by atoms with Crippen LogP contribution < -0.4 is 5.32 Å². The lowest BCUT2D eigenvalue weighted by Crippen LogP contribution is -2.14. The Hall–Kier alpha value is -1.66. The van der Waals surface area contributed by atoms with Gasteiger partial charge in [-0.15, -0.1) is 0 Å².